The van der Waals surface area contributed by atoms with E-state index in [2.05, 4.69) is 56.5 Å². The van der Waals surface area contributed by atoms with E-state index in [1.165, 1.54) is 11.1 Å². The third-order valence-electron chi connectivity index (χ3n) is 3.65. The van der Waals surface area contributed by atoms with E-state index in [0.29, 0.717) is 17.5 Å². The molecule has 0 aliphatic heterocycles. The van der Waals surface area contributed by atoms with Crippen molar-refractivity contribution in [2.75, 3.05) is 24.7 Å². The number of nitrogen functional groups attached to an aromatic ring is 1. The zero-order valence-electron chi connectivity index (χ0n) is 14.8. The molecule has 0 amide bonds. The number of hydrogen-bond donors (Lipinski definition) is 1. The first-order valence-electron chi connectivity index (χ1n) is 7.85. The normalized spacial score (nSPS) is 10.9. The fraction of sp³-hybridized carbons (Fsp3) is 0.294. The summed E-state index contributed by atoms with van der Waals surface area (Å²) in [5.74, 6) is 1.99. The zero-order valence-corrected chi connectivity index (χ0v) is 15.6. The number of aryl methyl sites for hydroxylation is 2. The van der Waals surface area contributed by atoms with Gasteiger partial charge in [0.15, 0.2) is 5.16 Å². The predicted octanol–water partition coefficient (Wildman–Crippen LogP) is 2.61. The van der Waals surface area contributed by atoms with E-state index in [9.17, 15) is 0 Å². The summed E-state index contributed by atoms with van der Waals surface area (Å²) in [6, 6.07) is 6.39. The molecule has 0 aliphatic carbocycles. The van der Waals surface area contributed by atoms with Crippen LogP contribution in [-0.2, 0) is 5.75 Å². The Kier molecular flexibility index (Phi) is 4.89. The van der Waals surface area contributed by atoms with E-state index in [-0.39, 0.29) is 5.95 Å². The smallest absolute Gasteiger partial charge is 0.229 e. The highest BCUT2D eigenvalue weighted by atomic mass is 32.2. The first-order chi connectivity index (χ1) is 11.9. The van der Waals surface area contributed by atoms with Gasteiger partial charge in [-0.3, -0.25) is 4.57 Å². The van der Waals surface area contributed by atoms with E-state index in [1.54, 1.807) is 18.0 Å². The number of anilines is 2. The average Bonchev–Trinajstić information content (AvgIpc) is 3.03. The lowest BCUT2D eigenvalue weighted by molar-refractivity contribution is 0.879. The number of aromatic nitrogens is 5. The third-order valence-corrected chi connectivity index (χ3v) is 4.61. The molecule has 130 valence electrons. The number of nitrogens with zero attached hydrogens (tertiary/aromatic N) is 6. The summed E-state index contributed by atoms with van der Waals surface area (Å²) in [6.07, 6.45) is 3.77. The summed E-state index contributed by atoms with van der Waals surface area (Å²) >= 11 is 1.57. The SMILES string of the molecule is Cc1ccc(C)c(-n2ccnc2SCc2nc(N)nc(N(C)C)n2)c1. The zero-order chi connectivity index (χ0) is 18.0. The van der Waals surface area contributed by atoms with Gasteiger partial charge in [-0.1, -0.05) is 23.9 Å². The van der Waals surface area contributed by atoms with E-state index in [4.69, 9.17) is 5.73 Å². The first-order valence-corrected chi connectivity index (χ1v) is 8.84. The second-order valence-corrected chi connectivity index (χ2v) is 6.91. The number of hydrogen-bond acceptors (Lipinski definition) is 7. The van der Waals surface area contributed by atoms with Crippen molar-refractivity contribution >= 4 is 23.7 Å². The Balaban J connectivity index is 1.84. The summed E-state index contributed by atoms with van der Waals surface area (Å²) < 4.78 is 2.09. The molecule has 3 rings (SSSR count). The van der Waals surface area contributed by atoms with Crippen LogP contribution >= 0.6 is 11.8 Å². The molecule has 2 heterocycles. The molecule has 0 aliphatic rings. The van der Waals surface area contributed by atoms with E-state index in [0.717, 1.165) is 10.8 Å². The minimum Gasteiger partial charge on any atom is -0.368 e. The quantitative estimate of drug-likeness (QED) is 0.704. The Morgan fingerprint density at radius 2 is 1.96 bits per heavy atom. The third kappa shape index (κ3) is 3.90. The fourth-order valence-corrected chi connectivity index (χ4v) is 3.20. The van der Waals surface area contributed by atoms with E-state index in [1.807, 2.05) is 25.2 Å². The summed E-state index contributed by atoms with van der Waals surface area (Å²) in [6.45, 7) is 4.18. The van der Waals surface area contributed by atoms with Gasteiger partial charge in [-0.15, -0.1) is 0 Å². The largest absolute Gasteiger partial charge is 0.368 e. The fourth-order valence-electron chi connectivity index (χ4n) is 2.38. The van der Waals surface area contributed by atoms with Gasteiger partial charge in [-0.25, -0.2) is 4.98 Å². The van der Waals surface area contributed by atoms with Crippen LogP contribution in [0.1, 0.15) is 17.0 Å². The van der Waals surface area contributed by atoms with Gasteiger partial charge in [-0.2, -0.15) is 15.0 Å². The lowest BCUT2D eigenvalue weighted by Gasteiger charge is -2.12. The van der Waals surface area contributed by atoms with Crippen LogP contribution in [0.2, 0.25) is 0 Å². The van der Waals surface area contributed by atoms with Crippen LogP contribution in [0.4, 0.5) is 11.9 Å². The van der Waals surface area contributed by atoms with Crippen LogP contribution in [-0.4, -0.2) is 38.6 Å². The molecular weight excluding hydrogens is 334 g/mol. The van der Waals surface area contributed by atoms with Gasteiger partial charge in [0.2, 0.25) is 11.9 Å². The summed E-state index contributed by atoms with van der Waals surface area (Å²) in [4.78, 5) is 19.0. The van der Waals surface area contributed by atoms with E-state index >= 15 is 0 Å². The number of rotatable bonds is 5. The molecule has 2 N–H and O–H groups in total. The van der Waals surface area contributed by atoms with Crippen molar-refractivity contribution in [1.29, 1.82) is 0 Å². The van der Waals surface area contributed by atoms with Crippen LogP contribution in [0.25, 0.3) is 5.69 Å². The number of nitrogens with two attached hydrogens (primary N) is 1. The molecular formula is C17H21N7S. The van der Waals surface area contributed by atoms with Gasteiger partial charge >= 0.3 is 0 Å². The topological polar surface area (TPSA) is 85.8 Å². The minimum atomic E-state index is 0.229. The molecule has 1 aromatic carbocycles. The highest BCUT2D eigenvalue weighted by Gasteiger charge is 2.11. The summed E-state index contributed by atoms with van der Waals surface area (Å²) in [5, 5.41) is 0.888. The highest BCUT2D eigenvalue weighted by Crippen LogP contribution is 2.25. The lowest BCUT2D eigenvalue weighted by Crippen LogP contribution is -2.16. The molecule has 7 nitrogen and oxygen atoms in total. The summed E-state index contributed by atoms with van der Waals surface area (Å²) in [7, 11) is 3.75. The van der Waals surface area contributed by atoms with Crippen molar-refractivity contribution in [3.63, 3.8) is 0 Å². The van der Waals surface area contributed by atoms with Gasteiger partial charge in [0.05, 0.1) is 11.4 Å². The monoisotopic (exact) mass is 355 g/mol. The Morgan fingerprint density at radius 1 is 1.16 bits per heavy atom. The number of thioether (sulfide) groups is 1. The molecule has 0 atom stereocenters. The van der Waals surface area contributed by atoms with Crippen molar-refractivity contribution < 1.29 is 0 Å². The van der Waals surface area contributed by atoms with Gasteiger partial charge in [0.1, 0.15) is 5.82 Å². The second-order valence-electron chi connectivity index (χ2n) is 5.96. The lowest BCUT2D eigenvalue weighted by atomic mass is 10.1. The van der Waals surface area contributed by atoms with Crippen molar-refractivity contribution in [3.8, 4) is 5.69 Å². The van der Waals surface area contributed by atoms with Crippen molar-refractivity contribution in [2.45, 2.75) is 24.8 Å². The van der Waals surface area contributed by atoms with E-state index < -0.39 is 0 Å². The summed E-state index contributed by atoms with van der Waals surface area (Å²) in [5.41, 5.74) is 9.33. The molecule has 0 saturated heterocycles. The Bertz CT molecular complexity index is 888. The molecule has 0 bridgehead atoms. The second kappa shape index (κ2) is 7.10. The van der Waals surface area contributed by atoms with Crippen LogP contribution < -0.4 is 10.6 Å². The molecule has 0 saturated carbocycles. The molecule has 0 spiro atoms. The van der Waals surface area contributed by atoms with Crippen LogP contribution in [0, 0.1) is 13.8 Å². The molecule has 3 aromatic rings. The Labute approximate surface area is 151 Å². The maximum Gasteiger partial charge on any atom is 0.229 e. The van der Waals surface area contributed by atoms with Crippen molar-refractivity contribution in [1.82, 2.24) is 24.5 Å². The molecule has 25 heavy (non-hydrogen) atoms. The van der Waals surface area contributed by atoms with Crippen LogP contribution in [0.3, 0.4) is 0 Å². The Hall–Kier alpha value is -2.61. The highest BCUT2D eigenvalue weighted by molar-refractivity contribution is 7.98. The average molecular weight is 355 g/mol. The van der Waals surface area contributed by atoms with Crippen LogP contribution in [0.15, 0.2) is 35.7 Å². The van der Waals surface area contributed by atoms with Crippen LogP contribution in [0.5, 0.6) is 0 Å². The number of imidazole rings is 1. The maximum atomic E-state index is 5.78. The van der Waals surface area contributed by atoms with Gasteiger partial charge in [0.25, 0.3) is 0 Å². The molecule has 2 aromatic heterocycles. The maximum absolute atomic E-state index is 5.78. The van der Waals surface area contributed by atoms with Gasteiger partial charge < -0.3 is 10.6 Å². The Morgan fingerprint density at radius 3 is 2.72 bits per heavy atom. The molecule has 0 fully saturated rings. The molecule has 8 heteroatoms. The minimum absolute atomic E-state index is 0.229. The first kappa shape index (κ1) is 17.2. The molecule has 0 unspecified atom stereocenters. The van der Waals surface area contributed by atoms with Crippen molar-refractivity contribution in [3.05, 3.63) is 47.5 Å². The predicted molar refractivity (Wildman–Crippen MR) is 101 cm³/mol. The number of benzene rings is 1. The van der Waals surface area contributed by atoms with Gasteiger partial charge in [-0.05, 0) is 31.0 Å². The molecule has 0 radical (unpaired) electrons. The van der Waals surface area contributed by atoms with Gasteiger partial charge in [0, 0.05) is 26.5 Å². The van der Waals surface area contributed by atoms with Crippen molar-refractivity contribution in [2.24, 2.45) is 0 Å². The standard InChI is InChI=1S/C17H21N7S/c1-11-5-6-12(2)13(9-11)24-8-7-19-17(24)25-10-14-20-15(18)22-16(21-14)23(3)4/h5-9H,10H2,1-4H3,(H2,18,20,21,22).